The van der Waals surface area contributed by atoms with Crippen LogP contribution in [0.2, 0.25) is 18.1 Å². The van der Waals surface area contributed by atoms with E-state index < -0.39 is 32.5 Å². The lowest BCUT2D eigenvalue weighted by molar-refractivity contribution is -0.175. The van der Waals surface area contributed by atoms with Gasteiger partial charge in [-0.05, 0) is 36.0 Å². The van der Waals surface area contributed by atoms with Gasteiger partial charge in [0.25, 0.3) is 0 Å². The monoisotopic (exact) mass is 447 g/mol. The van der Waals surface area contributed by atoms with Gasteiger partial charge in [0.2, 0.25) is 0 Å². The Kier molecular flexibility index (Phi) is 9.57. The minimum Gasteiger partial charge on any atom is -0.414 e. The number of hydrogen-bond donors (Lipinski definition) is 1. The fraction of sp³-hybridized carbons (Fsp3) is 0.682. The number of alkyl halides is 3. The number of benzene rings is 1. The second kappa shape index (κ2) is 10.8. The Morgan fingerprint density at radius 2 is 1.67 bits per heavy atom. The maximum atomic E-state index is 12.8. The molecule has 172 valence electrons. The molecule has 1 amide bonds. The second-order valence-corrected chi connectivity index (χ2v) is 14.4. The molecule has 2 atom stereocenters. The van der Waals surface area contributed by atoms with Gasteiger partial charge in [-0.25, -0.2) is 0 Å². The van der Waals surface area contributed by atoms with E-state index >= 15 is 0 Å². The van der Waals surface area contributed by atoms with Gasteiger partial charge >= 0.3 is 12.1 Å². The van der Waals surface area contributed by atoms with E-state index in [4.69, 9.17) is 9.16 Å². The lowest BCUT2D eigenvalue weighted by atomic mass is 9.98. The van der Waals surface area contributed by atoms with Crippen LogP contribution in [0.3, 0.4) is 0 Å². The van der Waals surface area contributed by atoms with E-state index in [1.165, 1.54) is 0 Å². The first-order valence-electron chi connectivity index (χ1n) is 10.3. The van der Waals surface area contributed by atoms with E-state index in [9.17, 15) is 18.0 Å². The molecule has 0 spiro atoms. The summed E-state index contributed by atoms with van der Waals surface area (Å²) in [6.45, 7) is 14.8. The van der Waals surface area contributed by atoms with Gasteiger partial charge < -0.3 is 14.5 Å². The van der Waals surface area contributed by atoms with E-state index in [-0.39, 0.29) is 24.0 Å². The number of rotatable bonds is 10. The van der Waals surface area contributed by atoms with Gasteiger partial charge in [-0.1, -0.05) is 65.0 Å². The van der Waals surface area contributed by atoms with Crippen molar-refractivity contribution in [2.24, 2.45) is 5.92 Å². The topological polar surface area (TPSA) is 47.6 Å². The summed E-state index contributed by atoms with van der Waals surface area (Å²) in [5.74, 6) is -2.11. The first-order chi connectivity index (χ1) is 13.6. The van der Waals surface area contributed by atoms with Gasteiger partial charge in [0, 0.05) is 6.04 Å². The molecule has 1 rings (SSSR count). The molecule has 1 aromatic rings. The van der Waals surface area contributed by atoms with Crippen molar-refractivity contribution in [2.75, 3.05) is 6.61 Å². The zero-order valence-electron chi connectivity index (χ0n) is 19.1. The Morgan fingerprint density at radius 3 is 2.13 bits per heavy atom. The molecule has 0 heterocycles. The quantitative estimate of drug-likeness (QED) is 0.469. The first kappa shape index (κ1) is 26.7. The van der Waals surface area contributed by atoms with Crippen molar-refractivity contribution in [3.05, 3.63) is 35.9 Å². The number of carbonyl (C=O) groups is 1. The third kappa shape index (κ3) is 8.77. The molecule has 0 bridgehead atoms. The highest BCUT2D eigenvalue weighted by molar-refractivity contribution is 6.74. The lowest BCUT2D eigenvalue weighted by Gasteiger charge is -2.38. The molecular weight excluding hydrogens is 411 g/mol. The number of halogens is 3. The molecule has 30 heavy (non-hydrogen) atoms. The highest BCUT2D eigenvalue weighted by Gasteiger charge is 2.41. The predicted molar refractivity (Wildman–Crippen MR) is 116 cm³/mol. The molecule has 0 radical (unpaired) electrons. The molecular formula is C22H36F3NO3Si. The molecule has 0 aliphatic carbocycles. The van der Waals surface area contributed by atoms with Crippen LogP contribution in [0.25, 0.3) is 0 Å². The second-order valence-electron chi connectivity index (χ2n) is 9.55. The SMILES string of the molecule is CC(C)[C@@H](C[C@H](CO[Si](C)(C)C(C)(C)C)OCc1ccccc1)NC(=O)C(F)(F)F. The van der Waals surface area contributed by atoms with E-state index in [2.05, 4.69) is 39.2 Å². The molecule has 0 fully saturated rings. The first-order valence-corrected chi connectivity index (χ1v) is 13.2. The molecule has 0 unspecified atom stereocenters. The average Bonchev–Trinajstić information content (AvgIpc) is 2.61. The average molecular weight is 448 g/mol. The third-order valence-electron chi connectivity index (χ3n) is 5.66. The van der Waals surface area contributed by atoms with E-state index in [1.807, 2.05) is 30.3 Å². The maximum Gasteiger partial charge on any atom is 0.471 e. The normalized spacial score (nSPS) is 15.2. The molecule has 0 saturated carbocycles. The molecule has 0 aliphatic rings. The van der Waals surface area contributed by atoms with Crippen molar-refractivity contribution in [1.82, 2.24) is 5.32 Å². The highest BCUT2D eigenvalue weighted by atomic mass is 28.4. The van der Waals surface area contributed by atoms with Gasteiger partial charge in [-0.3, -0.25) is 4.79 Å². The summed E-state index contributed by atoms with van der Waals surface area (Å²) in [7, 11) is -2.06. The van der Waals surface area contributed by atoms with Gasteiger partial charge in [0.1, 0.15) is 0 Å². The Balaban J connectivity index is 2.92. The molecule has 8 heteroatoms. The summed E-state index contributed by atoms with van der Waals surface area (Å²) in [5.41, 5.74) is 0.968. The fourth-order valence-electron chi connectivity index (χ4n) is 2.52. The minimum absolute atomic E-state index is 0.00106. The molecule has 1 aromatic carbocycles. The Labute approximate surface area is 179 Å². The predicted octanol–water partition coefficient (Wildman–Crippen LogP) is 5.69. The van der Waals surface area contributed by atoms with Crippen molar-refractivity contribution in [3.8, 4) is 0 Å². The number of carbonyl (C=O) groups excluding carboxylic acids is 1. The summed E-state index contributed by atoms with van der Waals surface area (Å²) in [6.07, 6.45) is -5.12. The fourth-order valence-corrected chi connectivity index (χ4v) is 3.56. The Hall–Kier alpha value is -1.38. The van der Waals surface area contributed by atoms with Crippen LogP contribution in [-0.2, 0) is 20.6 Å². The number of nitrogens with one attached hydrogen (secondary N) is 1. The number of hydrogen-bond acceptors (Lipinski definition) is 3. The van der Waals surface area contributed by atoms with Crippen LogP contribution in [0.15, 0.2) is 30.3 Å². The Morgan fingerprint density at radius 1 is 1.10 bits per heavy atom. The van der Waals surface area contributed by atoms with Crippen LogP contribution in [0, 0.1) is 5.92 Å². The molecule has 0 aliphatic heterocycles. The van der Waals surface area contributed by atoms with Crippen molar-refractivity contribution >= 4 is 14.2 Å². The standard InChI is InChI=1S/C22H36F3NO3Si/c1-16(2)19(26-20(27)22(23,24)25)13-18(15-29-30(6,7)21(3,4)5)28-14-17-11-9-8-10-12-17/h8-12,16,18-19H,13-15H2,1-7H3,(H,26,27)/t18-,19-/m1/s1. The molecule has 1 N–H and O–H groups in total. The zero-order valence-corrected chi connectivity index (χ0v) is 20.1. The van der Waals surface area contributed by atoms with Crippen molar-refractivity contribution in [3.63, 3.8) is 0 Å². The summed E-state index contributed by atoms with van der Waals surface area (Å²) < 4.78 is 50.6. The van der Waals surface area contributed by atoms with Gasteiger partial charge in [-0.2, -0.15) is 13.2 Å². The van der Waals surface area contributed by atoms with Crippen molar-refractivity contribution in [1.29, 1.82) is 0 Å². The smallest absolute Gasteiger partial charge is 0.414 e. The third-order valence-corrected chi connectivity index (χ3v) is 10.2. The van der Waals surface area contributed by atoms with E-state index in [1.54, 1.807) is 13.8 Å². The van der Waals surface area contributed by atoms with Crippen molar-refractivity contribution < 1.29 is 27.1 Å². The van der Waals surface area contributed by atoms with Crippen LogP contribution >= 0.6 is 0 Å². The van der Waals surface area contributed by atoms with E-state index in [0.29, 0.717) is 6.61 Å². The Bertz CT molecular complexity index is 658. The van der Waals surface area contributed by atoms with Crippen LogP contribution in [0.5, 0.6) is 0 Å². The van der Waals surface area contributed by atoms with Gasteiger partial charge in [0.15, 0.2) is 8.32 Å². The summed E-state index contributed by atoms with van der Waals surface area (Å²) >= 11 is 0. The maximum absolute atomic E-state index is 12.8. The summed E-state index contributed by atoms with van der Waals surface area (Å²) in [6, 6.07) is 8.89. The number of amides is 1. The minimum atomic E-state index is -4.91. The van der Waals surface area contributed by atoms with Crippen molar-refractivity contribution in [2.45, 2.75) is 84.1 Å². The summed E-state index contributed by atoms with van der Waals surface area (Å²) in [5, 5.41) is 2.12. The largest absolute Gasteiger partial charge is 0.471 e. The summed E-state index contributed by atoms with van der Waals surface area (Å²) in [4.78, 5) is 11.5. The highest BCUT2D eigenvalue weighted by Crippen LogP contribution is 2.36. The van der Waals surface area contributed by atoms with Gasteiger partial charge in [-0.15, -0.1) is 0 Å². The molecule has 4 nitrogen and oxygen atoms in total. The molecule has 0 aromatic heterocycles. The lowest BCUT2D eigenvalue weighted by Crippen LogP contribution is -2.48. The van der Waals surface area contributed by atoms with Crippen LogP contribution in [-0.4, -0.2) is 39.2 Å². The van der Waals surface area contributed by atoms with Gasteiger partial charge in [0.05, 0.1) is 19.3 Å². The molecule has 0 saturated heterocycles. The zero-order chi connectivity index (χ0) is 23.2. The number of ether oxygens (including phenoxy) is 1. The van der Waals surface area contributed by atoms with Crippen LogP contribution in [0.4, 0.5) is 13.2 Å². The van der Waals surface area contributed by atoms with Crippen LogP contribution < -0.4 is 5.32 Å². The van der Waals surface area contributed by atoms with E-state index in [0.717, 1.165) is 5.56 Å². The van der Waals surface area contributed by atoms with Crippen LogP contribution in [0.1, 0.15) is 46.6 Å².